The Bertz CT molecular complexity index is 698. The van der Waals surface area contributed by atoms with E-state index in [0.717, 1.165) is 25.7 Å². The van der Waals surface area contributed by atoms with Crippen molar-refractivity contribution in [3.63, 3.8) is 0 Å². The summed E-state index contributed by atoms with van der Waals surface area (Å²) in [7, 11) is 0. The second-order valence-electron chi connectivity index (χ2n) is 7.47. The number of carbonyl (C=O) groups is 2. The smallest absolute Gasteiger partial charge is 0.329 e. The van der Waals surface area contributed by atoms with Gasteiger partial charge in [0.2, 0.25) is 0 Å². The van der Waals surface area contributed by atoms with Crippen molar-refractivity contribution < 1.29 is 19.1 Å². The number of hydrogen-bond acceptors (Lipinski definition) is 6. The molecule has 1 amide bonds. The number of carbonyl (C=O) groups excluding carboxylic acids is 2. The van der Waals surface area contributed by atoms with Gasteiger partial charge < -0.3 is 15.2 Å². The van der Waals surface area contributed by atoms with Gasteiger partial charge in [-0.05, 0) is 58.1 Å². The lowest BCUT2D eigenvalue weighted by atomic mass is 9.97. The monoisotopic (exact) mass is 361 g/mol. The highest BCUT2D eigenvalue weighted by Crippen LogP contribution is 2.38. The van der Waals surface area contributed by atoms with E-state index < -0.39 is 11.6 Å². The third kappa shape index (κ3) is 3.48. The number of nitrogens with zero attached hydrogens (tertiary/aromatic N) is 2. The lowest BCUT2D eigenvalue weighted by molar-refractivity contribution is -0.154. The highest BCUT2D eigenvalue weighted by atomic mass is 16.5. The molecule has 1 aliphatic carbocycles. The van der Waals surface area contributed by atoms with Gasteiger partial charge in [0.15, 0.2) is 17.2 Å². The number of nitrogens with two attached hydrogens (primary N) is 1. The van der Waals surface area contributed by atoms with Crippen LogP contribution in [0.3, 0.4) is 0 Å². The number of fused-ring (bicyclic) bond motifs is 1. The summed E-state index contributed by atoms with van der Waals surface area (Å²) < 4.78 is 11.5. The molecule has 2 aliphatic rings. The third-order valence-electron chi connectivity index (χ3n) is 4.99. The standard InChI is InChI=1S/C19H27N3O4/c1-4-13(17(23)25-12-8-6-5-7-9-12)22-16-14(10-11-15(20)21-16)26-19(2,3)18(22)24/h10-13H,4-9H2,1-3H3,(H2,20,21). The van der Waals surface area contributed by atoms with Crippen LogP contribution in [0.4, 0.5) is 11.6 Å². The molecular formula is C19H27N3O4. The van der Waals surface area contributed by atoms with E-state index in [1.165, 1.54) is 11.3 Å². The maximum Gasteiger partial charge on any atom is 0.329 e. The van der Waals surface area contributed by atoms with Crippen LogP contribution in [0, 0.1) is 0 Å². The summed E-state index contributed by atoms with van der Waals surface area (Å²) in [6.07, 6.45) is 5.43. The molecule has 7 heteroatoms. The molecule has 0 spiro atoms. The van der Waals surface area contributed by atoms with Crippen LogP contribution in [0.2, 0.25) is 0 Å². The van der Waals surface area contributed by atoms with Gasteiger partial charge in [-0.2, -0.15) is 0 Å². The lowest BCUT2D eigenvalue weighted by Crippen LogP contribution is -2.58. The van der Waals surface area contributed by atoms with Crippen molar-refractivity contribution in [2.24, 2.45) is 0 Å². The van der Waals surface area contributed by atoms with Crippen LogP contribution in [-0.4, -0.2) is 34.6 Å². The van der Waals surface area contributed by atoms with E-state index >= 15 is 0 Å². The fourth-order valence-corrected chi connectivity index (χ4v) is 3.58. The molecule has 2 N–H and O–H groups in total. The molecule has 1 unspecified atom stereocenters. The van der Waals surface area contributed by atoms with Gasteiger partial charge in [0.1, 0.15) is 18.0 Å². The van der Waals surface area contributed by atoms with Gasteiger partial charge in [0.05, 0.1) is 0 Å². The summed E-state index contributed by atoms with van der Waals surface area (Å²) in [6, 6.07) is 2.54. The average Bonchev–Trinajstić information content (AvgIpc) is 2.60. The van der Waals surface area contributed by atoms with E-state index in [4.69, 9.17) is 15.2 Å². The van der Waals surface area contributed by atoms with Crippen molar-refractivity contribution in [3.8, 4) is 5.75 Å². The molecule has 1 aliphatic heterocycles. The van der Waals surface area contributed by atoms with E-state index in [1.54, 1.807) is 26.0 Å². The van der Waals surface area contributed by atoms with Crippen LogP contribution in [0.1, 0.15) is 59.3 Å². The predicted molar refractivity (Wildman–Crippen MR) is 97.9 cm³/mol. The first kappa shape index (κ1) is 18.5. The summed E-state index contributed by atoms with van der Waals surface area (Å²) in [5.74, 6) is 0.269. The topological polar surface area (TPSA) is 94.8 Å². The number of anilines is 2. The Morgan fingerprint density at radius 3 is 2.73 bits per heavy atom. The van der Waals surface area contributed by atoms with Crippen LogP contribution < -0.4 is 15.4 Å². The van der Waals surface area contributed by atoms with Crippen LogP contribution in [-0.2, 0) is 14.3 Å². The molecule has 1 aromatic heterocycles. The number of nitrogen functional groups attached to an aromatic ring is 1. The maximum absolute atomic E-state index is 13.0. The Kier molecular flexibility index (Phi) is 5.07. The van der Waals surface area contributed by atoms with Gasteiger partial charge in [-0.25, -0.2) is 9.78 Å². The van der Waals surface area contributed by atoms with Gasteiger partial charge in [0, 0.05) is 0 Å². The number of rotatable bonds is 4. The summed E-state index contributed by atoms with van der Waals surface area (Å²) in [5.41, 5.74) is 4.71. The van der Waals surface area contributed by atoms with E-state index in [1.807, 2.05) is 6.92 Å². The largest absolute Gasteiger partial charge is 0.474 e. The van der Waals surface area contributed by atoms with Gasteiger partial charge in [0.25, 0.3) is 5.91 Å². The molecule has 26 heavy (non-hydrogen) atoms. The second kappa shape index (κ2) is 7.13. The van der Waals surface area contributed by atoms with Crippen molar-refractivity contribution in [1.82, 2.24) is 4.98 Å². The number of pyridine rings is 1. The molecule has 0 bridgehead atoms. The Labute approximate surface area is 153 Å². The number of esters is 1. The Morgan fingerprint density at radius 1 is 1.38 bits per heavy atom. The van der Waals surface area contributed by atoms with E-state index in [0.29, 0.717) is 12.2 Å². The number of hydrogen-bond donors (Lipinski definition) is 1. The number of ether oxygens (including phenoxy) is 2. The molecule has 1 saturated carbocycles. The molecule has 3 rings (SSSR count). The minimum Gasteiger partial charge on any atom is -0.474 e. The average molecular weight is 361 g/mol. The van der Waals surface area contributed by atoms with E-state index in [-0.39, 0.29) is 29.6 Å². The van der Waals surface area contributed by atoms with E-state index in [2.05, 4.69) is 4.98 Å². The first-order valence-electron chi connectivity index (χ1n) is 9.33. The zero-order valence-electron chi connectivity index (χ0n) is 15.7. The molecule has 7 nitrogen and oxygen atoms in total. The molecule has 2 heterocycles. The van der Waals surface area contributed by atoms with Crippen molar-refractivity contribution in [2.75, 3.05) is 10.6 Å². The molecule has 0 saturated heterocycles. The first-order chi connectivity index (χ1) is 12.3. The van der Waals surface area contributed by atoms with Crippen molar-refractivity contribution >= 4 is 23.5 Å². The van der Waals surface area contributed by atoms with Gasteiger partial charge in [-0.1, -0.05) is 13.3 Å². The summed E-state index contributed by atoms with van der Waals surface area (Å²) >= 11 is 0. The maximum atomic E-state index is 13.0. The summed E-state index contributed by atoms with van der Waals surface area (Å²) in [5, 5.41) is 0. The van der Waals surface area contributed by atoms with Crippen LogP contribution in [0.15, 0.2) is 12.1 Å². The van der Waals surface area contributed by atoms with E-state index in [9.17, 15) is 9.59 Å². The normalized spacial score (nSPS) is 20.9. The Morgan fingerprint density at radius 2 is 2.08 bits per heavy atom. The summed E-state index contributed by atoms with van der Waals surface area (Å²) in [6.45, 7) is 5.22. The molecule has 1 fully saturated rings. The quantitative estimate of drug-likeness (QED) is 0.829. The molecule has 1 aromatic rings. The predicted octanol–water partition coefficient (Wildman–Crippen LogP) is 2.82. The number of aromatic nitrogens is 1. The van der Waals surface area contributed by atoms with Crippen molar-refractivity contribution in [2.45, 2.75) is 77.0 Å². The fraction of sp³-hybridized carbons (Fsp3) is 0.632. The first-order valence-corrected chi connectivity index (χ1v) is 9.33. The van der Waals surface area contributed by atoms with Crippen LogP contribution in [0.25, 0.3) is 0 Å². The Balaban J connectivity index is 1.91. The highest BCUT2D eigenvalue weighted by molar-refractivity contribution is 6.05. The minimum absolute atomic E-state index is 0.0669. The minimum atomic E-state index is -1.09. The molecule has 1 atom stereocenters. The fourth-order valence-electron chi connectivity index (χ4n) is 3.58. The lowest BCUT2D eigenvalue weighted by Gasteiger charge is -2.40. The zero-order chi connectivity index (χ0) is 18.9. The van der Waals surface area contributed by atoms with Gasteiger partial charge in [-0.15, -0.1) is 0 Å². The molecule has 142 valence electrons. The molecular weight excluding hydrogens is 334 g/mol. The zero-order valence-corrected chi connectivity index (χ0v) is 15.7. The van der Waals surface area contributed by atoms with Crippen LogP contribution >= 0.6 is 0 Å². The number of amides is 1. The Hall–Kier alpha value is -2.31. The third-order valence-corrected chi connectivity index (χ3v) is 4.99. The van der Waals surface area contributed by atoms with Crippen molar-refractivity contribution in [3.05, 3.63) is 12.1 Å². The van der Waals surface area contributed by atoms with Gasteiger partial charge >= 0.3 is 5.97 Å². The molecule has 0 aromatic carbocycles. The van der Waals surface area contributed by atoms with Gasteiger partial charge in [-0.3, -0.25) is 9.69 Å². The highest BCUT2D eigenvalue weighted by Gasteiger charge is 2.46. The molecule has 0 radical (unpaired) electrons. The SMILES string of the molecule is CCC(C(=O)OC1CCCCC1)N1C(=O)C(C)(C)Oc2ccc(N)nc21. The second-order valence-corrected chi connectivity index (χ2v) is 7.47. The van der Waals surface area contributed by atoms with Crippen LogP contribution in [0.5, 0.6) is 5.75 Å². The van der Waals surface area contributed by atoms with Crippen molar-refractivity contribution in [1.29, 1.82) is 0 Å². The summed E-state index contributed by atoms with van der Waals surface area (Å²) in [4.78, 5) is 31.6.